The fourth-order valence-corrected chi connectivity index (χ4v) is 2.47. The van der Waals surface area contributed by atoms with Gasteiger partial charge in [0.15, 0.2) is 0 Å². The number of carboxylic acid groups (broad SMARTS) is 1. The quantitative estimate of drug-likeness (QED) is 0.865. The van der Waals surface area contributed by atoms with Gasteiger partial charge in [-0.2, -0.15) is 0 Å². The van der Waals surface area contributed by atoms with Crippen molar-refractivity contribution in [2.75, 3.05) is 13.1 Å². The third kappa shape index (κ3) is 5.12. The maximum Gasteiger partial charge on any atom is 0.410 e. The van der Waals surface area contributed by atoms with Crippen molar-refractivity contribution in [3.05, 3.63) is 24.3 Å². The Labute approximate surface area is 135 Å². The van der Waals surface area contributed by atoms with Crippen LogP contribution in [0, 0.1) is 0 Å². The molecule has 0 bridgehead atoms. The van der Waals surface area contributed by atoms with Gasteiger partial charge < -0.3 is 19.3 Å². The van der Waals surface area contributed by atoms with E-state index in [9.17, 15) is 9.59 Å². The number of piperidine rings is 1. The van der Waals surface area contributed by atoms with E-state index in [4.69, 9.17) is 9.84 Å². The highest BCUT2D eigenvalue weighted by Crippen LogP contribution is 2.24. The summed E-state index contributed by atoms with van der Waals surface area (Å²) in [5.74, 6) is -0.995. The Balaban J connectivity index is 1.89. The lowest BCUT2D eigenvalue weighted by atomic mass is 10.1. The van der Waals surface area contributed by atoms with Gasteiger partial charge in [0.05, 0.1) is 12.0 Å². The number of likely N-dealkylation sites (tertiary alicyclic amines) is 1. The number of carboxylic acids is 1. The maximum atomic E-state index is 12.0. The van der Waals surface area contributed by atoms with Crippen molar-refractivity contribution >= 4 is 18.1 Å². The van der Waals surface area contributed by atoms with Crippen molar-refractivity contribution in [2.45, 2.75) is 45.3 Å². The van der Waals surface area contributed by atoms with Gasteiger partial charge in [0.1, 0.15) is 5.60 Å². The topological polar surface area (TPSA) is 84.7 Å². The number of ether oxygens (including phenoxy) is 1. The molecule has 1 aliphatic heterocycles. The number of aromatic nitrogens is 2. The Morgan fingerprint density at radius 1 is 1.35 bits per heavy atom. The van der Waals surface area contributed by atoms with Crippen molar-refractivity contribution in [2.24, 2.45) is 0 Å². The predicted octanol–water partition coefficient (Wildman–Crippen LogP) is 2.55. The van der Waals surface area contributed by atoms with Gasteiger partial charge in [-0.05, 0) is 39.7 Å². The van der Waals surface area contributed by atoms with Crippen LogP contribution in [-0.2, 0) is 9.53 Å². The summed E-state index contributed by atoms with van der Waals surface area (Å²) in [7, 11) is 0. The second-order valence-electron chi connectivity index (χ2n) is 6.62. The SMILES string of the molecule is CC(C)(C)OC(=O)N1CCC(n2cnc(/C=C/C(=O)O)c2)CC1. The molecule has 7 heteroatoms. The molecule has 1 aliphatic rings. The number of aliphatic carboxylic acids is 1. The van der Waals surface area contributed by atoms with E-state index < -0.39 is 11.6 Å². The van der Waals surface area contributed by atoms with Crippen LogP contribution >= 0.6 is 0 Å². The molecule has 1 fully saturated rings. The monoisotopic (exact) mass is 321 g/mol. The molecule has 1 N–H and O–H groups in total. The lowest BCUT2D eigenvalue weighted by Crippen LogP contribution is -2.42. The minimum Gasteiger partial charge on any atom is -0.478 e. The molecular weight excluding hydrogens is 298 g/mol. The van der Waals surface area contributed by atoms with Crippen LogP contribution in [0.2, 0.25) is 0 Å². The summed E-state index contributed by atoms with van der Waals surface area (Å²) in [6, 6.07) is 0.258. The van der Waals surface area contributed by atoms with Gasteiger partial charge in [-0.1, -0.05) is 0 Å². The zero-order valence-electron chi connectivity index (χ0n) is 13.7. The number of hydrogen-bond donors (Lipinski definition) is 1. The van der Waals surface area contributed by atoms with Gasteiger partial charge in [-0.25, -0.2) is 14.6 Å². The molecule has 7 nitrogen and oxygen atoms in total. The molecule has 0 spiro atoms. The average molecular weight is 321 g/mol. The summed E-state index contributed by atoms with van der Waals surface area (Å²) in [6.07, 6.45) is 7.43. The first kappa shape index (κ1) is 17.1. The van der Waals surface area contributed by atoms with E-state index in [0.29, 0.717) is 18.8 Å². The van der Waals surface area contributed by atoms with Crippen LogP contribution in [0.4, 0.5) is 4.79 Å². The van der Waals surface area contributed by atoms with Crippen molar-refractivity contribution in [3.8, 4) is 0 Å². The maximum absolute atomic E-state index is 12.0. The van der Waals surface area contributed by atoms with Gasteiger partial charge in [-0.3, -0.25) is 0 Å². The van der Waals surface area contributed by atoms with Crippen LogP contribution in [0.25, 0.3) is 6.08 Å². The molecule has 0 radical (unpaired) electrons. The van der Waals surface area contributed by atoms with Gasteiger partial charge in [0, 0.05) is 31.4 Å². The highest BCUT2D eigenvalue weighted by molar-refractivity contribution is 5.84. The van der Waals surface area contributed by atoms with Gasteiger partial charge in [0.2, 0.25) is 0 Å². The second kappa shape index (κ2) is 6.85. The molecule has 0 saturated carbocycles. The Morgan fingerprint density at radius 3 is 2.57 bits per heavy atom. The Kier molecular flexibility index (Phi) is 5.08. The van der Waals surface area contributed by atoms with E-state index in [1.54, 1.807) is 11.2 Å². The van der Waals surface area contributed by atoms with Crippen LogP contribution in [0.5, 0.6) is 0 Å². The number of hydrogen-bond acceptors (Lipinski definition) is 4. The molecule has 0 aliphatic carbocycles. The van der Waals surface area contributed by atoms with Gasteiger partial charge >= 0.3 is 12.1 Å². The standard InChI is InChI=1S/C16H23N3O4/c1-16(2,3)23-15(22)18-8-6-13(7-9-18)19-10-12(17-11-19)4-5-14(20)21/h4-5,10-11,13H,6-9H2,1-3H3,(H,20,21)/b5-4+. The van der Waals surface area contributed by atoms with Crippen LogP contribution in [0.3, 0.4) is 0 Å². The number of imidazole rings is 1. The van der Waals surface area contributed by atoms with Crippen LogP contribution < -0.4 is 0 Å². The zero-order chi connectivity index (χ0) is 17.0. The molecule has 2 heterocycles. The number of rotatable bonds is 3. The van der Waals surface area contributed by atoms with Crippen molar-refractivity contribution in [3.63, 3.8) is 0 Å². The van der Waals surface area contributed by atoms with Crippen LogP contribution in [-0.4, -0.2) is 50.3 Å². The average Bonchev–Trinajstić information content (AvgIpc) is 2.92. The lowest BCUT2D eigenvalue weighted by molar-refractivity contribution is -0.131. The number of carbonyl (C=O) groups is 2. The number of amides is 1. The summed E-state index contributed by atoms with van der Waals surface area (Å²) < 4.78 is 7.36. The molecule has 23 heavy (non-hydrogen) atoms. The minimum atomic E-state index is -0.995. The minimum absolute atomic E-state index is 0.258. The van der Waals surface area contributed by atoms with Gasteiger partial charge in [0.25, 0.3) is 0 Å². The molecule has 2 rings (SSSR count). The predicted molar refractivity (Wildman–Crippen MR) is 85.0 cm³/mol. The van der Waals surface area contributed by atoms with Gasteiger partial charge in [-0.15, -0.1) is 0 Å². The summed E-state index contributed by atoms with van der Waals surface area (Å²) in [5, 5.41) is 8.62. The summed E-state index contributed by atoms with van der Waals surface area (Å²) in [6.45, 7) is 6.84. The molecule has 126 valence electrons. The summed E-state index contributed by atoms with van der Waals surface area (Å²) in [4.78, 5) is 28.4. The third-order valence-electron chi connectivity index (χ3n) is 3.56. The second-order valence-corrected chi connectivity index (χ2v) is 6.62. The normalized spacial score (nSPS) is 16.7. The first-order valence-electron chi connectivity index (χ1n) is 7.67. The number of carbonyl (C=O) groups excluding carboxylic acids is 1. The first-order chi connectivity index (χ1) is 10.7. The smallest absolute Gasteiger partial charge is 0.410 e. The van der Waals surface area contributed by atoms with Crippen molar-refractivity contribution in [1.82, 2.24) is 14.5 Å². The fraction of sp³-hybridized carbons (Fsp3) is 0.562. The van der Waals surface area contributed by atoms with E-state index in [0.717, 1.165) is 18.9 Å². The zero-order valence-corrected chi connectivity index (χ0v) is 13.7. The summed E-state index contributed by atoms with van der Waals surface area (Å²) >= 11 is 0. The Bertz CT molecular complexity index is 593. The van der Waals surface area contributed by atoms with Crippen molar-refractivity contribution < 1.29 is 19.4 Å². The van der Waals surface area contributed by atoms with E-state index in [2.05, 4.69) is 4.98 Å². The molecule has 1 amide bonds. The molecular formula is C16H23N3O4. The highest BCUT2D eigenvalue weighted by atomic mass is 16.6. The number of nitrogens with zero attached hydrogens (tertiary/aromatic N) is 3. The van der Waals surface area contributed by atoms with E-state index in [-0.39, 0.29) is 12.1 Å². The third-order valence-corrected chi connectivity index (χ3v) is 3.56. The fourth-order valence-electron chi connectivity index (χ4n) is 2.47. The molecule has 1 aromatic heterocycles. The molecule has 0 atom stereocenters. The van der Waals surface area contributed by atoms with E-state index in [1.165, 1.54) is 6.08 Å². The largest absolute Gasteiger partial charge is 0.478 e. The van der Waals surface area contributed by atoms with Crippen LogP contribution in [0.1, 0.15) is 45.3 Å². The Morgan fingerprint density at radius 2 is 2.00 bits per heavy atom. The van der Waals surface area contributed by atoms with Crippen molar-refractivity contribution in [1.29, 1.82) is 0 Å². The molecule has 0 unspecified atom stereocenters. The molecule has 1 aromatic rings. The van der Waals surface area contributed by atoms with E-state index in [1.807, 2.05) is 31.5 Å². The lowest BCUT2D eigenvalue weighted by Gasteiger charge is -2.33. The highest BCUT2D eigenvalue weighted by Gasteiger charge is 2.27. The molecule has 1 saturated heterocycles. The van der Waals surface area contributed by atoms with E-state index >= 15 is 0 Å². The van der Waals surface area contributed by atoms with Crippen LogP contribution in [0.15, 0.2) is 18.6 Å². The molecule has 0 aromatic carbocycles. The Hall–Kier alpha value is -2.31. The summed E-state index contributed by atoms with van der Waals surface area (Å²) in [5.41, 5.74) is 0.130. The first-order valence-corrected chi connectivity index (χ1v) is 7.67.